The number of hydrogen-bond acceptors (Lipinski definition) is 4. The molecule has 1 heterocycles. The summed E-state index contributed by atoms with van der Waals surface area (Å²) in [5.74, 6) is -0.221. The number of aromatic nitrogens is 2. The maximum atomic E-state index is 14.3. The summed E-state index contributed by atoms with van der Waals surface area (Å²) in [6, 6.07) is 6.58. The van der Waals surface area contributed by atoms with E-state index in [-0.39, 0.29) is 17.6 Å². The first kappa shape index (κ1) is 16.1. The molecule has 0 unspecified atom stereocenters. The Hall–Kier alpha value is -1.82. The largest absolute Gasteiger partial charge is 0.300 e. The van der Waals surface area contributed by atoms with Crippen LogP contribution in [0.3, 0.4) is 0 Å². The molecule has 0 aliphatic heterocycles. The van der Waals surface area contributed by atoms with Gasteiger partial charge in [-0.15, -0.1) is 10.2 Å². The first-order chi connectivity index (χ1) is 11.0. The molecule has 0 atom stereocenters. The number of hydrogen-bond donors (Lipinski definition) is 1. The highest BCUT2D eigenvalue weighted by atomic mass is 32.1. The minimum atomic E-state index is -0.797. The summed E-state index contributed by atoms with van der Waals surface area (Å²) in [4.78, 5) is 12.9. The number of amides is 1. The zero-order valence-corrected chi connectivity index (χ0v) is 14.1. The van der Waals surface area contributed by atoms with Gasteiger partial charge in [0, 0.05) is 11.5 Å². The molecule has 0 bridgehead atoms. The van der Waals surface area contributed by atoms with Crippen molar-refractivity contribution in [3.8, 4) is 0 Å². The highest BCUT2D eigenvalue weighted by Gasteiger charge is 2.44. The summed E-state index contributed by atoms with van der Waals surface area (Å²) in [6.45, 7) is 4.06. The van der Waals surface area contributed by atoms with Crippen molar-refractivity contribution >= 4 is 22.4 Å². The molecule has 1 N–H and O–H groups in total. The fraction of sp³-hybridized carbons (Fsp3) is 0.471. The number of nitrogens with one attached hydrogen (secondary N) is 1. The maximum absolute atomic E-state index is 14.3. The van der Waals surface area contributed by atoms with Gasteiger partial charge in [0.1, 0.15) is 10.8 Å². The van der Waals surface area contributed by atoms with Crippen molar-refractivity contribution in [1.82, 2.24) is 10.2 Å². The lowest BCUT2D eigenvalue weighted by atomic mass is 9.77. The van der Waals surface area contributed by atoms with Crippen LogP contribution in [0.5, 0.6) is 0 Å². The molecule has 1 fully saturated rings. The van der Waals surface area contributed by atoms with Gasteiger partial charge in [-0.1, -0.05) is 56.2 Å². The van der Waals surface area contributed by atoms with E-state index in [1.165, 1.54) is 17.4 Å². The van der Waals surface area contributed by atoms with E-state index >= 15 is 0 Å². The van der Waals surface area contributed by atoms with Crippen molar-refractivity contribution in [3.05, 3.63) is 40.7 Å². The van der Waals surface area contributed by atoms with Crippen LogP contribution >= 0.6 is 11.3 Å². The Morgan fingerprint density at radius 2 is 1.96 bits per heavy atom. The topological polar surface area (TPSA) is 54.9 Å². The van der Waals surface area contributed by atoms with Gasteiger partial charge < -0.3 is 0 Å². The molecule has 6 heteroatoms. The van der Waals surface area contributed by atoms with Gasteiger partial charge in [-0.3, -0.25) is 10.1 Å². The van der Waals surface area contributed by atoms with E-state index in [1.807, 2.05) is 13.8 Å². The third-order valence-corrected chi connectivity index (χ3v) is 5.58. The van der Waals surface area contributed by atoms with Crippen LogP contribution in [0.25, 0.3) is 0 Å². The van der Waals surface area contributed by atoms with Gasteiger partial charge in [-0.25, -0.2) is 4.39 Å². The highest BCUT2D eigenvalue weighted by Crippen LogP contribution is 2.43. The predicted octanol–water partition coefficient (Wildman–Crippen LogP) is 4.25. The predicted molar refractivity (Wildman–Crippen MR) is 89.2 cm³/mol. The molecule has 2 aromatic rings. The fourth-order valence-corrected chi connectivity index (χ4v) is 3.92. The van der Waals surface area contributed by atoms with Crippen molar-refractivity contribution in [3.63, 3.8) is 0 Å². The SMILES string of the molecule is CC(C)c1nnc(NC(=O)C2(c3ccccc3F)CCCC2)s1. The Balaban J connectivity index is 1.89. The van der Waals surface area contributed by atoms with E-state index in [1.54, 1.807) is 18.2 Å². The fourth-order valence-electron chi connectivity index (χ4n) is 3.18. The average Bonchev–Trinajstić information content (AvgIpc) is 3.17. The molecule has 0 spiro atoms. The van der Waals surface area contributed by atoms with Crippen molar-refractivity contribution in [2.45, 2.75) is 50.9 Å². The summed E-state index contributed by atoms with van der Waals surface area (Å²) in [6.07, 6.45) is 3.18. The van der Waals surface area contributed by atoms with E-state index in [2.05, 4.69) is 15.5 Å². The maximum Gasteiger partial charge on any atom is 0.236 e. The van der Waals surface area contributed by atoms with Crippen molar-refractivity contribution in [1.29, 1.82) is 0 Å². The second-order valence-corrected chi connectivity index (χ2v) is 7.33. The summed E-state index contributed by atoms with van der Waals surface area (Å²) in [7, 11) is 0. The van der Waals surface area contributed by atoms with Crippen molar-refractivity contribution in [2.24, 2.45) is 0 Å². The number of halogens is 1. The Bertz CT molecular complexity index is 707. The monoisotopic (exact) mass is 333 g/mol. The van der Waals surface area contributed by atoms with Crippen LogP contribution in [0, 0.1) is 5.82 Å². The number of carbonyl (C=O) groups excluding carboxylic acids is 1. The average molecular weight is 333 g/mol. The van der Waals surface area contributed by atoms with Crippen LogP contribution in [-0.2, 0) is 10.2 Å². The molecule has 122 valence electrons. The molecule has 1 aromatic heterocycles. The van der Waals surface area contributed by atoms with Crippen LogP contribution in [0.2, 0.25) is 0 Å². The van der Waals surface area contributed by atoms with Gasteiger partial charge in [-0.05, 0) is 18.9 Å². The second-order valence-electron chi connectivity index (χ2n) is 6.32. The van der Waals surface area contributed by atoms with E-state index in [9.17, 15) is 9.18 Å². The third-order valence-electron chi connectivity index (χ3n) is 4.44. The number of benzene rings is 1. The molecule has 0 saturated heterocycles. The molecule has 1 aliphatic carbocycles. The molecule has 1 amide bonds. The molecule has 23 heavy (non-hydrogen) atoms. The summed E-state index contributed by atoms with van der Waals surface area (Å²) in [5.41, 5.74) is -0.307. The molecule has 1 aliphatic rings. The normalized spacial score (nSPS) is 16.7. The highest BCUT2D eigenvalue weighted by molar-refractivity contribution is 7.15. The van der Waals surface area contributed by atoms with Gasteiger partial charge in [0.15, 0.2) is 0 Å². The molecule has 1 saturated carbocycles. The van der Waals surface area contributed by atoms with Crippen LogP contribution < -0.4 is 5.32 Å². The van der Waals surface area contributed by atoms with E-state index in [4.69, 9.17) is 0 Å². The van der Waals surface area contributed by atoms with Crippen LogP contribution in [-0.4, -0.2) is 16.1 Å². The molecular formula is C17H20FN3OS. The first-order valence-electron chi connectivity index (χ1n) is 7.93. The van der Waals surface area contributed by atoms with E-state index in [0.717, 1.165) is 17.8 Å². The number of carbonyl (C=O) groups is 1. The Kier molecular flexibility index (Phi) is 4.43. The summed E-state index contributed by atoms with van der Waals surface area (Å²) in [5, 5.41) is 12.4. The second kappa shape index (κ2) is 6.35. The number of anilines is 1. The summed E-state index contributed by atoms with van der Waals surface area (Å²) < 4.78 is 14.3. The van der Waals surface area contributed by atoms with Crippen molar-refractivity contribution < 1.29 is 9.18 Å². The minimum Gasteiger partial charge on any atom is -0.300 e. The quantitative estimate of drug-likeness (QED) is 0.910. The van der Waals surface area contributed by atoms with Crippen LogP contribution in [0.15, 0.2) is 24.3 Å². The van der Waals surface area contributed by atoms with Gasteiger partial charge >= 0.3 is 0 Å². The Morgan fingerprint density at radius 3 is 2.57 bits per heavy atom. The lowest BCUT2D eigenvalue weighted by molar-refractivity contribution is -0.121. The lowest BCUT2D eigenvalue weighted by Crippen LogP contribution is -2.38. The number of rotatable bonds is 4. The van der Waals surface area contributed by atoms with Gasteiger partial charge in [0.2, 0.25) is 11.0 Å². The Morgan fingerprint density at radius 1 is 1.26 bits per heavy atom. The zero-order chi connectivity index (χ0) is 16.4. The summed E-state index contributed by atoms with van der Waals surface area (Å²) >= 11 is 1.38. The van der Waals surface area contributed by atoms with Gasteiger partial charge in [-0.2, -0.15) is 0 Å². The lowest BCUT2D eigenvalue weighted by Gasteiger charge is -2.28. The molecule has 4 nitrogen and oxygen atoms in total. The molecule has 1 aromatic carbocycles. The molecule has 0 radical (unpaired) electrons. The van der Waals surface area contributed by atoms with Crippen LogP contribution in [0.4, 0.5) is 9.52 Å². The molecular weight excluding hydrogens is 313 g/mol. The zero-order valence-electron chi connectivity index (χ0n) is 13.3. The number of nitrogens with zero attached hydrogens (tertiary/aromatic N) is 2. The third kappa shape index (κ3) is 3.00. The minimum absolute atomic E-state index is 0.174. The van der Waals surface area contributed by atoms with Gasteiger partial charge in [0.05, 0.1) is 5.41 Å². The van der Waals surface area contributed by atoms with E-state index < -0.39 is 5.41 Å². The molecule has 3 rings (SSSR count). The standard InChI is InChI=1S/C17H20FN3OS/c1-11(2)14-20-21-16(23-14)19-15(22)17(9-5-6-10-17)12-7-3-4-8-13(12)18/h3-4,7-8,11H,5-6,9-10H2,1-2H3,(H,19,21,22). The Labute approximate surface area is 139 Å². The van der Waals surface area contributed by atoms with Crippen LogP contribution in [0.1, 0.15) is 56.0 Å². The first-order valence-corrected chi connectivity index (χ1v) is 8.74. The van der Waals surface area contributed by atoms with Crippen molar-refractivity contribution in [2.75, 3.05) is 5.32 Å². The van der Waals surface area contributed by atoms with Gasteiger partial charge in [0.25, 0.3) is 0 Å². The smallest absolute Gasteiger partial charge is 0.236 e. The van der Waals surface area contributed by atoms with E-state index in [0.29, 0.717) is 23.5 Å².